The van der Waals surface area contributed by atoms with Crippen molar-refractivity contribution in [3.05, 3.63) is 70.5 Å². The maximum atomic E-state index is 12.2. The molecule has 1 aromatic heterocycles. The van der Waals surface area contributed by atoms with Gasteiger partial charge < -0.3 is 5.84 Å². The number of nitrogen functional groups attached to an aromatic ring is 1. The van der Waals surface area contributed by atoms with E-state index in [0.29, 0.717) is 16.1 Å². The Morgan fingerprint density at radius 1 is 1.05 bits per heavy atom. The summed E-state index contributed by atoms with van der Waals surface area (Å²) in [5, 5.41) is 1.10. The lowest BCUT2D eigenvalue weighted by Gasteiger charge is -2.08. The minimum Gasteiger partial charge on any atom is -0.334 e. The van der Waals surface area contributed by atoms with Crippen molar-refractivity contribution in [2.24, 2.45) is 0 Å². The molecule has 4 nitrogen and oxygen atoms in total. The molecule has 0 spiro atoms. The SMILES string of the molecule is Nn1c(SCCc2ccccc2)nc2ccccc2c1=O. The topological polar surface area (TPSA) is 60.9 Å². The van der Waals surface area contributed by atoms with Crippen molar-refractivity contribution < 1.29 is 0 Å². The molecular weight excluding hydrogens is 282 g/mol. The predicted octanol–water partition coefficient (Wildman–Crippen LogP) is 2.45. The molecule has 3 aromatic rings. The number of thioether (sulfide) groups is 1. The van der Waals surface area contributed by atoms with Crippen LogP contribution < -0.4 is 11.4 Å². The smallest absolute Gasteiger partial charge is 0.280 e. The third-order valence-corrected chi connectivity index (χ3v) is 4.19. The van der Waals surface area contributed by atoms with Gasteiger partial charge >= 0.3 is 0 Å². The van der Waals surface area contributed by atoms with Crippen LogP contribution in [0.4, 0.5) is 0 Å². The fraction of sp³-hybridized carbons (Fsp3) is 0.125. The van der Waals surface area contributed by atoms with E-state index in [-0.39, 0.29) is 5.56 Å². The standard InChI is InChI=1S/C16H15N3OS/c17-19-15(20)13-8-4-5-9-14(13)18-16(19)21-11-10-12-6-2-1-3-7-12/h1-9H,10-11,17H2. The molecule has 2 N–H and O–H groups in total. The molecule has 106 valence electrons. The van der Waals surface area contributed by atoms with Crippen molar-refractivity contribution in [2.45, 2.75) is 11.6 Å². The van der Waals surface area contributed by atoms with Crippen LogP contribution >= 0.6 is 11.8 Å². The first-order valence-electron chi connectivity index (χ1n) is 6.69. The van der Waals surface area contributed by atoms with Gasteiger partial charge in [-0.3, -0.25) is 4.79 Å². The van der Waals surface area contributed by atoms with E-state index < -0.39 is 0 Å². The van der Waals surface area contributed by atoms with Gasteiger partial charge in [-0.1, -0.05) is 54.2 Å². The summed E-state index contributed by atoms with van der Waals surface area (Å²) in [6, 6.07) is 17.5. The zero-order valence-electron chi connectivity index (χ0n) is 11.4. The highest BCUT2D eigenvalue weighted by atomic mass is 32.2. The van der Waals surface area contributed by atoms with Crippen molar-refractivity contribution in [1.82, 2.24) is 9.66 Å². The van der Waals surface area contributed by atoms with E-state index in [1.54, 1.807) is 6.07 Å². The van der Waals surface area contributed by atoms with E-state index in [1.165, 1.54) is 17.3 Å². The Morgan fingerprint density at radius 3 is 2.57 bits per heavy atom. The van der Waals surface area contributed by atoms with Crippen molar-refractivity contribution in [3.8, 4) is 0 Å². The zero-order chi connectivity index (χ0) is 14.7. The maximum Gasteiger partial charge on any atom is 0.280 e. The molecule has 3 rings (SSSR count). The van der Waals surface area contributed by atoms with E-state index in [2.05, 4.69) is 17.1 Å². The number of benzene rings is 2. The summed E-state index contributed by atoms with van der Waals surface area (Å²) in [5.74, 6) is 6.67. The van der Waals surface area contributed by atoms with Crippen LogP contribution in [0.5, 0.6) is 0 Å². The molecule has 0 bridgehead atoms. The molecule has 0 aliphatic heterocycles. The molecule has 0 radical (unpaired) electrons. The van der Waals surface area contributed by atoms with E-state index in [0.717, 1.165) is 16.8 Å². The normalized spacial score (nSPS) is 10.9. The van der Waals surface area contributed by atoms with Crippen LogP contribution in [0.1, 0.15) is 5.56 Å². The van der Waals surface area contributed by atoms with E-state index in [4.69, 9.17) is 5.84 Å². The van der Waals surface area contributed by atoms with Gasteiger partial charge in [-0.15, -0.1) is 0 Å². The first-order chi connectivity index (χ1) is 10.3. The molecule has 0 amide bonds. The Morgan fingerprint density at radius 2 is 1.76 bits per heavy atom. The van der Waals surface area contributed by atoms with Gasteiger partial charge in [0.05, 0.1) is 10.9 Å². The lowest BCUT2D eigenvalue weighted by atomic mass is 10.2. The van der Waals surface area contributed by atoms with Gasteiger partial charge in [0.15, 0.2) is 5.16 Å². The number of fused-ring (bicyclic) bond motifs is 1. The summed E-state index contributed by atoms with van der Waals surface area (Å²) in [5.41, 5.74) is 1.74. The van der Waals surface area contributed by atoms with Crippen LogP contribution in [0, 0.1) is 0 Å². The Balaban J connectivity index is 1.81. The second kappa shape index (κ2) is 6.01. The van der Waals surface area contributed by atoms with Crippen LogP contribution in [0.3, 0.4) is 0 Å². The number of aromatic nitrogens is 2. The molecule has 0 saturated heterocycles. The van der Waals surface area contributed by atoms with Crippen LogP contribution in [-0.4, -0.2) is 15.4 Å². The van der Waals surface area contributed by atoms with E-state index in [9.17, 15) is 4.79 Å². The van der Waals surface area contributed by atoms with E-state index in [1.807, 2.05) is 36.4 Å². The molecule has 21 heavy (non-hydrogen) atoms. The van der Waals surface area contributed by atoms with Crippen LogP contribution in [-0.2, 0) is 6.42 Å². The first-order valence-corrected chi connectivity index (χ1v) is 7.68. The summed E-state index contributed by atoms with van der Waals surface area (Å²) in [7, 11) is 0. The summed E-state index contributed by atoms with van der Waals surface area (Å²) in [4.78, 5) is 16.6. The quantitative estimate of drug-likeness (QED) is 0.456. The molecular formula is C16H15N3OS. The summed E-state index contributed by atoms with van der Waals surface area (Å²) in [6.45, 7) is 0. The van der Waals surface area contributed by atoms with Crippen LogP contribution in [0.2, 0.25) is 0 Å². The van der Waals surface area contributed by atoms with Gasteiger partial charge in [0.25, 0.3) is 5.56 Å². The molecule has 0 saturated carbocycles. The van der Waals surface area contributed by atoms with Gasteiger partial charge in [0, 0.05) is 5.75 Å². The van der Waals surface area contributed by atoms with Crippen LogP contribution in [0.25, 0.3) is 10.9 Å². The highest BCUT2D eigenvalue weighted by molar-refractivity contribution is 7.99. The van der Waals surface area contributed by atoms with Crippen molar-refractivity contribution in [1.29, 1.82) is 0 Å². The molecule has 1 heterocycles. The largest absolute Gasteiger partial charge is 0.334 e. The molecule has 2 aromatic carbocycles. The van der Waals surface area contributed by atoms with Gasteiger partial charge in [0.2, 0.25) is 0 Å². The molecule has 0 fully saturated rings. The number of aryl methyl sites for hydroxylation is 1. The van der Waals surface area contributed by atoms with Crippen molar-refractivity contribution in [2.75, 3.05) is 11.6 Å². The summed E-state index contributed by atoms with van der Waals surface area (Å²) in [6.07, 6.45) is 0.911. The number of nitrogens with zero attached hydrogens (tertiary/aromatic N) is 2. The van der Waals surface area contributed by atoms with E-state index >= 15 is 0 Å². The molecule has 5 heteroatoms. The number of rotatable bonds is 4. The van der Waals surface area contributed by atoms with Crippen molar-refractivity contribution >= 4 is 22.7 Å². The first kappa shape index (κ1) is 13.7. The minimum atomic E-state index is -0.206. The summed E-state index contributed by atoms with van der Waals surface area (Å²) < 4.78 is 1.14. The Hall–Kier alpha value is -2.27. The lowest BCUT2D eigenvalue weighted by molar-refractivity contribution is 0.779. The maximum absolute atomic E-state index is 12.2. The van der Waals surface area contributed by atoms with Gasteiger partial charge in [-0.2, -0.15) is 0 Å². The molecule has 0 aliphatic rings. The van der Waals surface area contributed by atoms with Gasteiger partial charge in [-0.05, 0) is 24.1 Å². The third-order valence-electron chi connectivity index (χ3n) is 3.24. The van der Waals surface area contributed by atoms with Crippen LogP contribution in [0.15, 0.2) is 64.5 Å². The molecule has 0 atom stereocenters. The average Bonchev–Trinajstić information content (AvgIpc) is 2.53. The molecule has 0 unspecified atom stereocenters. The highest BCUT2D eigenvalue weighted by Gasteiger charge is 2.08. The Kier molecular flexibility index (Phi) is 3.92. The average molecular weight is 297 g/mol. The number of nitrogens with two attached hydrogens (primary N) is 1. The van der Waals surface area contributed by atoms with Gasteiger partial charge in [0.1, 0.15) is 0 Å². The monoisotopic (exact) mass is 297 g/mol. The second-order valence-electron chi connectivity index (χ2n) is 4.67. The zero-order valence-corrected chi connectivity index (χ0v) is 12.2. The Labute approximate surface area is 126 Å². The van der Waals surface area contributed by atoms with Crippen molar-refractivity contribution in [3.63, 3.8) is 0 Å². The number of para-hydroxylation sites is 1. The Bertz CT molecular complexity index is 815. The molecule has 0 aliphatic carbocycles. The fourth-order valence-corrected chi connectivity index (χ4v) is 3.04. The highest BCUT2D eigenvalue weighted by Crippen LogP contribution is 2.17. The number of hydrogen-bond acceptors (Lipinski definition) is 4. The second-order valence-corrected chi connectivity index (χ2v) is 5.73. The fourth-order valence-electron chi connectivity index (χ4n) is 2.13. The van der Waals surface area contributed by atoms with Gasteiger partial charge in [-0.25, -0.2) is 9.66 Å². The summed E-state index contributed by atoms with van der Waals surface area (Å²) >= 11 is 1.50. The number of hydrogen-bond donors (Lipinski definition) is 1. The predicted molar refractivity (Wildman–Crippen MR) is 87.0 cm³/mol. The lowest BCUT2D eigenvalue weighted by Crippen LogP contribution is -2.29. The minimum absolute atomic E-state index is 0.206. The third kappa shape index (κ3) is 2.92.